The molecule has 1 heterocycles. The van der Waals surface area contributed by atoms with E-state index in [9.17, 15) is 14.4 Å². The van der Waals surface area contributed by atoms with Crippen LogP contribution in [0.5, 0.6) is 5.75 Å². The van der Waals surface area contributed by atoms with Crippen LogP contribution in [0.15, 0.2) is 35.4 Å². The Morgan fingerprint density at radius 3 is 2.50 bits per heavy atom. The molecule has 0 saturated carbocycles. The number of methoxy groups -OCH3 is 1. The van der Waals surface area contributed by atoms with Crippen molar-refractivity contribution in [3.8, 4) is 5.75 Å². The number of ketones is 1. The molecule has 1 aliphatic rings. The first-order valence-corrected chi connectivity index (χ1v) is 7.39. The highest BCUT2D eigenvalue weighted by atomic mass is 32.2. The minimum absolute atomic E-state index is 0.204. The summed E-state index contributed by atoms with van der Waals surface area (Å²) in [5.74, 6) is -0.957. The third-order valence-corrected chi connectivity index (χ3v) is 4.19. The molecule has 1 N–H and O–H groups in total. The van der Waals surface area contributed by atoms with Gasteiger partial charge >= 0.3 is 5.97 Å². The number of thioether (sulfide) groups is 1. The molecule has 1 amide bonds. The Morgan fingerprint density at radius 1 is 1.36 bits per heavy atom. The van der Waals surface area contributed by atoms with E-state index >= 15 is 0 Å². The number of hydrogen-bond acceptors (Lipinski definition) is 5. The van der Waals surface area contributed by atoms with Gasteiger partial charge in [0.15, 0.2) is 5.78 Å². The first kappa shape index (κ1) is 16.1. The monoisotopic (exact) mass is 321 g/mol. The maximum Gasteiger partial charge on any atom is 0.305 e. The van der Waals surface area contributed by atoms with E-state index in [1.165, 1.54) is 25.0 Å². The van der Waals surface area contributed by atoms with Crippen molar-refractivity contribution in [3.63, 3.8) is 0 Å². The van der Waals surface area contributed by atoms with Gasteiger partial charge in [0.05, 0.1) is 18.6 Å². The highest BCUT2D eigenvalue weighted by Gasteiger charge is 2.39. The van der Waals surface area contributed by atoms with E-state index in [4.69, 9.17) is 9.84 Å². The molecule has 0 unspecified atom stereocenters. The van der Waals surface area contributed by atoms with Gasteiger partial charge in [0.2, 0.25) is 5.91 Å². The maximum atomic E-state index is 12.4. The maximum absolute atomic E-state index is 12.4. The molecule has 0 spiro atoms. The molecular formula is C15H15NO5S. The van der Waals surface area contributed by atoms with Crippen LogP contribution >= 0.6 is 11.8 Å². The van der Waals surface area contributed by atoms with E-state index in [1.54, 1.807) is 24.3 Å². The number of carbonyl (C=O) groups is 3. The van der Waals surface area contributed by atoms with Gasteiger partial charge in [0.25, 0.3) is 0 Å². The van der Waals surface area contributed by atoms with Gasteiger partial charge in [-0.05, 0) is 31.2 Å². The highest BCUT2D eigenvalue weighted by Crippen LogP contribution is 2.40. The number of allylic oxidation sites excluding steroid dienone is 1. The number of anilines is 1. The number of carboxylic acids is 1. The molecule has 0 radical (unpaired) electrons. The van der Waals surface area contributed by atoms with Crippen LogP contribution in [0.3, 0.4) is 0 Å². The lowest BCUT2D eigenvalue weighted by Gasteiger charge is -2.17. The van der Waals surface area contributed by atoms with Crippen LogP contribution in [0.1, 0.15) is 13.3 Å². The van der Waals surface area contributed by atoms with Gasteiger partial charge in [-0.2, -0.15) is 0 Å². The zero-order valence-corrected chi connectivity index (χ0v) is 12.9. The minimum atomic E-state index is -1.05. The van der Waals surface area contributed by atoms with Gasteiger partial charge in [-0.25, -0.2) is 0 Å². The predicted molar refractivity (Wildman–Crippen MR) is 82.9 cm³/mol. The van der Waals surface area contributed by atoms with Crippen molar-refractivity contribution < 1.29 is 24.2 Å². The largest absolute Gasteiger partial charge is 0.497 e. The number of carbonyl (C=O) groups excluding carboxylic acids is 2. The lowest BCUT2D eigenvalue weighted by atomic mass is 10.2. The van der Waals surface area contributed by atoms with Gasteiger partial charge < -0.3 is 9.84 Å². The Hall–Kier alpha value is -2.28. The lowest BCUT2D eigenvalue weighted by molar-refractivity contribution is -0.138. The highest BCUT2D eigenvalue weighted by molar-refractivity contribution is 8.05. The molecule has 7 heteroatoms. The lowest BCUT2D eigenvalue weighted by Crippen LogP contribution is -2.29. The Morgan fingerprint density at radius 2 is 2.00 bits per heavy atom. The van der Waals surface area contributed by atoms with Crippen LogP contribution in [0.2, 0.25) is 0 Å². The van der Waals surface area contributed by atoms with Crippen LogP contribution in [-0.2, 0) is 14.4 Å². The van der Waals surface area contributed by atoms with Crippen LogP contribution in [-0.4, -0.2) is 35.1 Å². The first-order valence-electron chi connectivity index (χ1n) is 6.51. The number of rotatable bonds is 5. The second kappa shape index (κ2) is 6.65. The average Bonchev–Trinajstić information content (AvgIpc) is 2.74. The van der Waals surface area contributed by atoms with Gasteiger partial charge in [0, 0.05) is 11.8 Å². The summed E-state index contributed by atoms with van der Waals surface area (Å²) in [7, 11) is 1.54. The predicted octanol–water partition coefficient (Wildman–Crippen LogP) is 2.05. The molecule has 116 valence electrons. The van der Waals surface area contributed by atoms with Crippen molar-refractivity contribution >= 4 is 35.1 Å². The van der Waals surface area contributed by atoms with E-state index in [0.29, 0.717) is 16.5 Å². The summed E-state index contributed by atoms with van der Waals surface area (Å²) in [5.41, 5.74) is 0.568. The molecule has 1 atom stereocenters. The van der Waals surface area contributed by atoms with Gasteiger partial charge in [-0.1, -0.05) is 11.8 Å². The number of nitrogens with zero attached hydrogens (tertiary/aromatic N) is 1. The third-order valence-electron chi connectivity index (χ3n) is 3.00. The van der Waals surface area contributed by atoms with Crippen LogP contribution in [0.4, 0.5) is 5.69 Å². The number of ether oxygens (including phenoxy) is 1. The van der Waals surface area contributed by atoms with E-state index in [2.05, 4.69) is 0 Å². The average molecular weight is 321 g/mol. The molecule has 1 fully saturated rings. The summed E-state index contributed by atoms with van der Waals surface area (Å²) in [4.78, 5) is 36.0. The Labute approximate surface area is 131 Å². The molecule has 1 aromatic rings. The normalized spacial score (nSPS) is 19.5. The zero-order chi connectivity index (χ0) is 16.3. The third kappa shape index (κ3) is 3.48. The second-order valence-corrected chi connectivity index (χ2v) is 5.89. The van der Waals surface area contributed by atoms with Crippen molar-refractivity contribution in [2.24, 2.45) is 0 Å². The number of aliphatic carboxylic acids is 1. The molecule has 1 saturated heterocycles. The van der Waals surface area contributed by atoms with Crippen LogP contribution in [0.25, 0.3) is 0 Å². The Kier molecular flexibility index (Phi) is 4.87. The zero-order valence-electron chi connectivity index (χ0n) is 12.1. The molecule has 1 aromatic carbocycles. The van der Waals surface area contributed by atoms with E-state index in [1.807, 2.05) is 0 Å². The number of amides is 1. The fourth-order valence-corrected chi connectivity index (χ4v) is 3.31. The molecule has 0 bridgehead atoms. The molecule has 1 aliphatic heterocycles. The van der Waals surface area contributed by atoms with Crippen molar-refractivity contribution in [1.82, 2.24) is 0 Å². The summed E-state index contributed by atoms with van der Waals surface area (Å²) < 4.78 is 5.07. The summed E-state index contributed by atoms with van der Waals surface area (Å²) in [6.07, 6.45) is 1.06. The minimum Gasteiger partial charge on any atom is -0.497 e. The van der Waals surface area contributed by atoms with Crippen molar-refractivity contribution in [1.29, 1.82) is 0 Å². The molecule has 6 nitrogen and oxygen atoms in total. The van der Waals surface area contributed by atoms with Crippen molar-refractivity contribution in [3.05, 3.63) is 35.4 Å². The second-order valence-electron chi connectivity index (χ2n) is 4.67. The van der Waals surface area contributed by atoms with E-state index in [0.717, 1.165) is 11.8 Å². The van der Waals surface area contributed by atoms with Gasteiger partial charge in [-0.3, -0.25) is 19.3 Å². The molecule has 2 rings (SSSR count). The Balaban J connectivity index is 2.37. The summed E-state index contributed by atoms with van der Waals surface area (Å²) in [6.45, 7) is 1.38. The smallest absolute Gasteiger partial charge is 0.305 e. The topological polar surface area (TPSA) is 83.9 Å². The first-order chi connectivity index (χ1) is 10.4. The summed E-state index contributed by atoms with van der Waals surface area (Å²) in [6, 6.07) is 6.77. The van der Waals surface area contributed by atoms with E-state index < -0.39 is 11.2 Å². The molecular weight excluding hydrogens is 306 g/mol. The van der Waals surface area contributed by atoms with Gasteiger partial charge in [0.1, 0.15) is 11.0 Å². The summed E-state index contributed by atoms with van der Waals surface area (Å²) in [5, 5.41) is 8.61. The fraction of sp³-hybridized carbons (Fsp3) is 0.267. The Bertz CT molecular complexity index is 638. The number of carboxylic acid groups (broad SMARTS) is 1. The summed E-state index contributed by atoms with van der Waals surface area (Å²) >= 11 is 1.09. The van der Waals surface area contributed by atoms with Crippen LogP contribution < -0.4 is 9.64 Å². The fourth-order valence-electron chi connectivity index (χ4n) is 2.05. The number of hydrogen-bond donors (Lipinski definition) is 1. The molecule has 22 heavy (non-hydrogen) atoms. The van der Waals surface area contributed by atoms with Crippen LogP contribution in [0, 0.1) is 0 Å². The van der Waals surface area contributed by atoms with Crippen molar-refractivity contribution in [2.45, 2.75) is 18.6 Å². The van der Waals surface area contributed by atoms with E-state index in [-0.39, 0.29) is 18.1 Å². The quantitative estimate of drug-likeness (QED) is 0.836. The SMILES string of the molecule is COc1ccc(N2C(=O)[C@@H](CC(=O)O)SC2=CC(C)=O)cc1. The standard InChI is InChI=1S/C15H15NO5S/c1-9(17)7-13-16(10-3-5-11(21-2)6-4-10)15(20)12(22-13)8-14(18)19/h3-7,12H,8H2,1-2H3,(H,18,19)/t12-/m1/s1. The van der Waals surface area contributed by atoms with Gasteiger partial charge in [-0.15, -0.1) is 0 Å². The number of benzene rings is 1. The molecule has 0 aliphatic carbocycles. The van der Waals surface area contributed by atoms with Crippen molar-refractivity contribution in [2.75, 3.05) is 12.0 Å². The molecule has 0 aromatic heterocycles.